The van der Waals surface area contributed by atoms with Crippen molar-refractivity contribution in [1.82, 2.24) is 4.98 Å². The van der Waals surface area contributed by atoms with Gasteiger partial charge in [0.25, 0.3) is 0 Å². The normalized spacial score (nSPS) is 31.6. The molecule has 2 aliphatic heterocycles. The molecule has 2 aromatic rings. The van der Waals surface area contributed by atoms with Gasteiger partial charge in [0.05, 0.1) is 5.69 Å². The molecule has 7 rings (SSSR count). The molecule has 7 heteroatoms. The highest BCUT2D eigenvalue weighted by molar-refractivity contribution is 6.11. The molecule has 5 aliphatic rings. The van der Waals surface area contributed by atoms with Crippen molar-refractivity contribution in [1.29, 1.82) is 0 Å². The lowest BCUT2D eigenvalue weighted by atomic mass is 9.73. The second kappa shape index (κ2) is 5.65. The van der Waals surface area contributed by atoms with Gasteiger partial charge in [-0.15, -0.1) is 0 Å². The van der Waals surface area contributed by atoms with Crippen LogP contribution in [0.1, 0.15) is 41.7 Å². The summed E-state index contributed by atoms with van der Waals surface area (Å²) in [6.45, 7) is 0.560. The van der Waals surface area contributed by atoms with Gasteiger partial charge in [0.15, 0.2) is 5.78 Å². The molecule has 1 aromatic carbocycles. The Bertz CT molecular complexity index is 1380. The first-order valence-corrected chi connectivity index (χ1v) is 11.2. The third-order valence-electron chi connectivity index (χ3n) is 8.33. The van der Waals surface area contributed by atoms with Gasteiger partial charge in [-0.1, -0.05) is 12.2 Å². The first-order chi connectivity index (χ1) is 15.4. The zero-order valence-electron chi connectivity index (χ0n) is 17.5. The van der Waals surface area contributed by atoms with Gasteiger partial charge in [-0.05, 0) is 49.1 Å². The summed E-state index contributed by atoms with van der Waals surface area (Å²) < 4.78 is 0. The van der Waals surface area contributed by atoms with Crippen molar-refractivity contribution in [3.63, 3.8) is 0 Å². The van der Waals surface area contributed by atoms with Crippen molar-refractivity contribution >= 4 is 39.9 Å². The first kappa shape index (κ1) is 18.1. The number of ketones is 2. The van der Waals surface area contributed by atoms with Gasteiger partial charge in [0.2, 0.25) is 0 Å². The number of nitrogens with one attached hydrogen (secondary N) is 1. The number of amides is 2. The summed E-state index contributed by atoms with van der Waals surface area (Å²) >= 11 is 0. The summed E-state index contributed by atoms with van der Waals surface area (Å²) in [5.74, 6) is 0.0907. The van der Waals surface area contributed by atoms with Crippen molar-refractivity contribution in [2.24, 2.45) is 27.5 Å². The molecule has 0 bridgehead atoms. The number of fused-ring (bicyclic) bond motifs is 3. The van der Waals surface area contributed by atoms with E-state index >= 15 is 0 Å². The maximum absolute atomic E-state index is 13.5. The average Bonchev–Trinajstić information content (AvgIpc) is 3.17. The van der Waals surface area contributed by atoms with Gasteiger partial charge in [0.1, 0.15) is 5.78 Å². The van der Waals surface area contributed by atoms with E-state index in [9.17, 15) is 14.4 Å². The quantitative estimate of drug-likeness (QED) is 0.718. The van der Waals surface area contributed by atoms with E-state index in [1.165, 1.54) is 0 Å². The Labute approximate surface area is 184 Å². The Hall–Kier alpha value is -3.48. The van der Waals surface area contributed by atoms with Crippen molar-refractivity contribution < 1.29 is 14.4 Å². The zero-order valence-corrected chi connectivity index (χ0v) is 17.5. The number of H-pyrrole nitrogens is 1. The van der Waals surface area contributed by atoms with Gasteiger partial charge in [-0.3, -0.25) is 19.5 Å². The largest absolute Gasteiger partial charge is 0.352 e. The number of aliphatic imine (C=N–C) groups is 1. The summed E-state index contributed by atoms with van der Waals surface area (Å²) in [6, 6.07) is 5.26. The minimum absolute atomic E-state index is 0.0611. The van der Waals surface area contributed by atoms with E-state index in [1.807, 2.05) is 36.4 Å². The Morgan fingerprint density at radius 3 is 2.97 bits per heavy atom. The minimum Gasteiger partial charge on any atom is -0.352 e. The maximum Gasteiger partial charge on any atom is 0.319 e. The van der Waals surface area contributed by atoms with E-state index in [2.05, 4.69) is 4.98 Å². The van der Waals surface area contributed by atoms with Crippen LogP contribution in [0.15, 0.2) is 47.1 Å². The maximum atomic E-state index is 13.5. The number of carbonyl (C=O) groups excluding carboxylic acids is 3. The number of aromatic amines is 1. The lowest BCUT2D eigenvalue weighted by molar-refractivity contribution is -0.119. The molecule has 2 spiro atoms. The predicted molar refractivity (Wildman–Crippen MR) is 120 cm³/mol. The van der Waals surface area contributed by atoms with Gasteiger partial charge >= 0.3 is 6.03 Å². The minimum atomic E-state index is -0.455. The highest BCUT2D eigenvalue weighted by Gasteiger charge is 2.75. The highest BCUT2D eigenvalue weighted by atomic mass is 16.2. The monoisotopic (exact) mass is 426 g/mol. The molecule has 3 atom stereocenters. The molecule has 160 valence electrons. The van der Waals surface area contributed by atoms with E-state index in [1.54, 1.807) is 4.90 Å². The molecular formula is C25H22N4O3. The standard InChI is InChI=1S/C25H22N4O3/c26-23(32)29-8-7-15-16-9-18(27-17(16)3-4-19(15)29)22(31)13-1-5-20-24(10-13)12-25(24)11-14(30)2-6-21(25)28-20/h1,3-6,9,13,27H,2,7-8,10-12H2,(H2,26,32). The van der Waals surface area contributed by atoms with Crippen LogP contribution < -0.4 is 10.6 Å². The third kappa shape index (κ3) is 2.06. The number of allylic oxidation sites excluding steroid dienone is 4. The van der Waals surface area contributed by atoms with Crippen LogP contribution in [0.4, 0.5) is 10.5 Å². The topological polar surface area (TPSA) is 109 Å². The molecule has 1 aromatic heterocycles. The van der Waals surface area contributed by atoms with Crippen LogP contribution in [0.5, 0.6) is 0 Å². The van der Waals surface area contributed by atoms with Crippen LogP contribution in [0.3, 0.4) is 0 Å². The Balaban J connectivity index is 1.22. The lowest BCUT2D eigenvalue weighted by Gasteiger charge is -2.27. The summed E-state index contributed by atoms with van der Waals surface area (Å²) in [5, 5.41) is 0.974. The molecule has 7 nitrogen and oxygen atoms in total. The lowest BCUT2D eigenvalue weighted by Crippen LogP contribution is -2.33. The number of carbonyl (C=O) groups is 3. The van der Waals surface area contributed by atoms with E-state index < -0.39 is 6.03 Å². The zero-order chi connectivity index (χ0) is 21.8. The van der Waals surface area contributed by atoms with Gasteiger partial charge < -0.3 is 10.7 Å². The molecule has 2 amide bonds. The van der Waals surface area contributed by atoms with Gasteiger partial charge in [-0.2, -0.15) is 0 Å². The summed E-state index contributed by atoms with van der Waals surface area (Å²) in [4.78, 5) is 47.1. The summed E-state index contributed by atoms with van der Waals surface area (Å²) in [7, 11) is 0. The summed E-state index contributed by atoms with van der Waals surface area (Å²) in [5.41, 5.74) is 10.6. The van der Waals surface area contributed by atoms with E-state index in [0.717, 1.165) is 46.4 Å². The van der Waals surface area contributed by atoms with Crippen LogP contribution in [0.2, 0.25) is 0 Å². The number of primary amides is 1. The average molecular weight is 426 g/mol. The molecule has 0 saturated heterocycles. The second-order valence-corrected chi connectivity index (χ2v) is 9.83. The van der Waals surface area contributed by atoms with Crippen LogP contribution in [0.25, 0.3) is 10.9 Å². The number of Topliss-reactive ketones (excluding diaryl/α,β-unsaturated/α-hetero) is 2. The first-order valence-electron chi connectivity index (χ1n) is 11.2. The predicted octanol–water partition coefficient (Wildman–Crippen LogP) is 3.45. The molecule has 3 unspecified atom stereocenters. The smallest absolute Gasteiger partial charge is 0.319 e. The number of hydrogen-bond acceptors (Lipinski definition) is 4. The third-order valence-corrected chi connectivity index (χ3v) is 8.33. The van der Waals surface area contributed by atoms with Crippen LogP contribution in [-0.4, -0.2) is 34.8 Å². The Morgan fingerprint density at radius 1 is 1.25 bits per heavy atom. The van der Waals surface area contributed by atoms with Crippen molar-refractivity contribution in [3.05, 3.63) is 53.4 Å². The van der Waals surface area contributed by atoms with Gasteiger partial charge in [-0.25, -0.2) is 4.79 Å². The molecule has 3 N–H and O–H groups in total. The number of benzene rings is 1. The Morgan fingerprint density at radius 2 is 2.12 bits per heavy atom. The molecule has 3 aliphatic carbocycles. The molecular weight excluding hydrogens is 404 g/mol. The molecule has 1 fully saturated rings. The van der Waals surface area contributed by atoms with E-state index in [-0.39, 0.29) is 28.3 Å². The number of rotatable bonds is 2. The SMILES string of the molecule is NC(=O)N1CCc2c1ccc1[nH]c(C(=O)C3C=CC4=NC5=CCC(=O)CC56CC46C3)cc21. The molecule has 0 radical (unpaired) electrons. The van der Waals surface area contributed by atoms with E-state index in [0.29, 0.717) is 31.5 Å². The Kier molecular flexibility index (Phi) is 3.20. The number of nitrogens with zero attached hydrogens (tertiary/aromatic N) is 2. The van der Waals surface area contributed by atoms with Crippen molar-refractivity contribution in [2.75, 3.05) is 11.4 Å². The van der Waals surface area contributed by atoms with Crippen LogP contribution in [-0.2, 0) is 11.2 Å². The fourth-order valence-corrected chi connectivity index (χ4v) is 6.74. The second-order valence-electron chi connectivity index (χ2n) is 9.83. The number of anilines is 1. The molecule has 3 heterocycles. The molecule has 1 saturated carbocycles. The number of nitrogens with two attached hydrogens (primary N) is 1. The number of aromatic nitrogens is 1. The van der Waals surface area contributed by atoms with E-state index in [4.69, 9.17) is 10.7 Å². The molecule has 32 heavy (non-hydrogen) atoms. The van der Waals surface area contributed by atoms with Crippen LogP contribution in [0, 0.1) is 16.7 Å². The van der Waals surface area contributed by atoms with Gasteiger partial charge in [0, 0.05) is 64.1 Å². The fraction of sp³-hybridized carbons (Fsp3) is 0.360. The van der Waals surface area contributed by atoms with Crippen molar-refractivity contribution in [2.45, 2.75) is 32.1 Å². The summed E-state index contributed by atoms with van der Waals surface area (Å²) in [6.07, 6.45) is 9.35. The van der Waals surface area contributed by atoms with Crippen molar-refractivity contribution in [3.8, 4) is 0 Å². The van der Waals surface area contributed by atoms with Crippen LogP contribution >= 0.6 is 0 Å². The highest BCUT2D eigenvalue weighted by Crippen LogP contribution is 2.78. The number of hydrogen-bond donors (Lipinski definition) is 2. The fourth-order valence-electron chi connectivity index (χ4n) is 6.74. The number of urea groups is 1.